The number of hydrogen-bond donors (Lipinski definition) is 2. The minimum absolute atomic E-state index is 0.0672. The molecule has 0 spiro atoms. The number of aromatic nitrogens is 2. The van der Waals surface area contributed by atoms with E-state index in [1.54, 1.807) is 12.1 Å². The van der Waals surface area contributed by atoms with Crippen LogP contribution in [0.25, 0.3) is 11.3 Å². The van der Waals surface area contributed by atoms with Crippen LogP contribution in [0.1, 0.15) is 53.5 Å². The van der Waals surface area contributed by atoms with Gasteiger partial charge >= 0.3 is 0 Å². The van der Waals surface area contributed by atoms with E-state index in [0.717, 1.165) is 23.1 Å². The first-order chi connectivity index (χ1) is 14.9. The number of aromatic amines is 1. The van der Waals surface area contributed by atoms with E-state index in [0.29, 0.717) is 35.1 Å². The smallest absolute Gasteiger partial charge is 0.273 e. The minimum atomic E-state index is -0.311. The van der Waals surface area contributed by atoms with Crippen LogP contribution in [0.15, 0.2) is 42.5 Å². The van der Waals surface area contributed by atoms with E-state index in [9.17, 15) is 9.90 Å². The summed E-state index contributed by atoms with van der Waals surface area (Å²) < 4.78 is 5.67. The molecule has 0 fully saturated rings. The Morgan fingerprint density at radius 1 is 1.23 bits per heavy atom. The predicted molar refractivity (Wildman–Crippen MR) is 120 cm³/mol. The van der Waals surface area contributed by atoms with Gasteiger partial charge in [0.1, 0.15) is 17.1 Å². The van der Waals surface area contributed by atoms with Crippen molar-refractivity contribution >= 4 is 17.5 Å². The van der Waals surface area contributed by atoms with Crippen LogP contribution >= 0.6 is 11.6 Å². The average molecular weight is 440 g/mol. The molecule has 2 aromatic carbocycles. The number of amides is 1. The molecule has 0 aliphatic carbocycles. The molecular weight excluding hydrogens is 414 g/mol. The van der Waals surface area contributed by atoms with E-state index >= 15 is 0 Å². The Hall–Kier alpha value is -2.83. The molecule has 7 heteroatoms. The van der Waals surface area contributed by atoms with Crippen LogP contribution in [0.5, 0.6) is 5.75 Å². The molecular formula is C24H26ClN3O3. The van der Waals surface area contributed by atoms with E-state index in [2.05, 4.69) is 10.2 Å². The van der Waals surface area contributed by atoms with Crippen LogP contribution in [0.4, 0.5) is 0 Å². The molecule has 0 saturated carbocycles. The number of nitrogens with one attached hydrogen (secondary N) is 1. The number of carbonyl (C=O) groups is 1. The Kier molecular flexibility index (Phi) is 6.03. The van der Waals surface area contributed by atoms with Crippen LogP contribution in [0, 0.1) is 6.92 Å². The zero-order valence-corrected chi connectivity index (χ0v) is 18.6. The van der Waals surface area contributed by atoms with Gasteiger partial charge in [-0.15, -0.1) is 0 Å². The van der Waals surface area contributed by atoms with E-state index in [-0.39, 0.29) is 23.8 Å². The van der Waals surface area contributed by atoms with Crippen LogP contribution in [-0.2, 0) is 4.74 Å². The van der Waals surface area contributed by atoms with Gasteiger partial charge in [0.05, 0.1) is 12.1 Å². The highest BCUT2D eigenvalue weighted by Crippen LogP contribution is 2.44. The molecule has 1 aliphatic heterocycles. The molecule has 162 valence electrons. The average Bonchev–Trinajstić information content (AvgIpc) is 3.27. The number of halogens is 1. The molecule has 0 radical (unpaired) electrons. The Bertz CT molecular complexity index is 1090. The highest BCUT2D eigenvalue weighted by molar-refractivity contribution is 6.31. The van der Waals surface area contributed by atoms with E-state index < -0.39 is 0 Å². The number of H-pyrrole nitrogens is 1. The van der Waals surface area contributed by atoms with Crippen molar-refractivity contribution in [3.05, 3.63) is 69.9 Å². The number of phenolic OH excluding ortho intramolecular Hbond substituents is 1. The van der Waals surface area contributed by atoms with Crippen LogP contribution in [0.2, 0.25) is 5.02 Å². The maximum Gasteiger partial charge on any atom is 0.273 e. The molecule has 1 atom stereocenters. The number of benzene rings is 2. The summed E-state index contributed by atoms with van der Waals surface area (Å²) in [6, 6.07) is 12.7. The molecule has 2 heterocycles. The fourth-order valence-electron chi connectivity index (χ4n) is 3.98. The fraction of sp³-hybridized carbons (Fsp3) is 0.333. The molecule has 1 unspecified atom stereocenters. The number of nitrogens with zero attached hydrogens (tertiary/aromatic N) is 2. The second-order valence-corrected chi connectivity index (χ2v) is 8.54. The van der Waals surface area contributed by atoms with Gasteiger partial charge in [0.25, 0.3) is 5.91 Å². The monoisotopic (exact) mass is 439 g/mol. The van der Waals surface area contributed by atoms with E-state index in [1.165, 1.54) is 6.07 Å². The minimum Gasteiger partial charge on any atom is -0.507 e. The summed E-state index contributed by atoms with van der Waals surface area (Å²) in [4.78, 5) is 15.1. The topological polar surface area (TPSA) is 78.5 Å². The number of phenols is 1. The van der Waals surface area contributed by atoms with Crippen molar-refractivity contribution in [2.75, 3.05) is 13.2 Å². The molecule has 4 rings (SSSR count). The first kappa shape index (κ1) is 21.4. The lowest BCUT2D eigenvalue weighted by Crippen LogP contribution is -2.31. The third-order valence-electron chi connectivity index (χ3n) is 5.47. The summed E-state index contributed by atoms with van der Waals surface area (Å²) in [5.74, 6) is -0.0389. The molecule has 2 N–H and O–H groups in total. The summed E-state index contributed by atoms with van der Waals surface area (Å²) in [5.41, 5.74) is 4.38. The lowest BCUT2D eigenvalue weighted by atomic mass is 9.95. The predicted octanol–water partition coefficient (Wildman–Crippen LogP) is 5.10. The Labute approximate surface area is 186 Å². The summed E-state index contributed by atoms with van der Waals surface area (Å²) in [6.45, 7) is 7.15. The molecule has 1 aliphatic rings. The van der Waals surface area contributed by atoms with Crippen molar-refractivity contribution in [1.82, 2.24) is 15.1 Å². The number of aryl methyl sites for hydroxylation is 1. The van der Waals surface area contributed by atoms with Gasteiger partial charge in [0, 0.05) is 29.3 Å². The van der Waals surface area contributed by atoms with Gasteiger partial charge < -0.3 is 14.7 Å². The SMILES string of the molecule is Cc1ccc(C2c3c(-c4cc(Cl)ccc4O)n[nH]c3C(=O)N2CCCOC(C)C)cc1. The maximum absolute atomic E-state index is 13.3. The van der Waals surface area contributed by atoms with Gasteiger partial charge in [0.15, 0.2) is 0 Å². The lowest BCUT2D eigenvalue weighted by molar-refractivity contribution is 0.0601. The van der Waals surface area contributed by atoms with Gasteiger partial charge in [-0.25, -0.2) is 0 Å². The first-order valence-corrected chi connectivity index (χ1v) is 10.8. The van der Waals surface area contributed by atoms with E-state index in [1.807, 2.05) is 49.9 Å². The fourth-order valence-corrected chi connectivity index (χ4v) is 4.15. The van der Waals surface area contributed by atoms with Crippen molar-refractivity contribution in [3.8, 4) is 17.0 Å². The maximum atomic E-state index is 13.3. The largest absolute Gasteiger partial charge is 0.507 e. The zero-order chi connectivity index (χ0) is 22.1. The van der Waals surface area contributed by atoms with E-state index in [4.69, 9.17) is 16.3 Å². The third-order valence-corrected chi connectivity index (χ3v) is 5.70. The number of aromatic hydroxyl groups is 1. The molecule has 1 amide bonds. The second-order valence-electron chi connectivity index (χ2n) is 8.11. The van der Waals surface area contributed by atoms with Gasteiger partial charge in [0.2, 0.25) is 0 Å². The normalized spacial score (nSPS) is 15.7. The summed E-state index contributed by atoms with van der Waals surface area (Å²) in [5, 5.41) is 18.2. The Morgan fingerprint density at radius 2 is 1.97 bits per heavy atom. The van der Waals surface area contributed by atoms with Crippen molar-refractivity contribution in [2.45, 2.75) is 39.3 Å². The van der Waals surface area contributed by atoms with Gasteiger partial charge in [-0.1, -0.05) is 41.4 Å². The van der Waals surface area contributed by atoms with Gasteiger partial charge in [-0.2, -0.15) is 5.10 Å². The Morgan fingerprint density at radius 3 is 2.68 bits per heavy atom. The highest BCUT2D eigenvalue weighted by atomic mass is 35.5. The second kappa shape index (κ2) is 8.73. The molecule has 3 aromatic rings. The summed E-state index contributed by atoms with van der Waals surface area (Å²) in [6.07, 6.45) is 0.873. The highest BCUT2D eigenvalue weighted by Gasteiger charge is 2.42. The molecule has 31 heavy (non-hydrogen) atoms. The summed E-state index contributed by atoms with van der Waals surface area (Å²) in [7, 11) is 0. The number of rotatable bonds is 7. The van der Waals surface area contributed by atoms with Gasteiger partial charge in [-0.05, 0) is 51.0 Å². The molecule has 0 saturated heterocycles. The molecule has 6 nitrogen and oxygen atoms in total. The zero-order valence-electron chi connectivity index (χ0n) is 17.9. The molecule has 1 aromatic heterocycles. The van der Waals surface area contributed by atoms with Crippen molar-refractivity contribution in [2.24, 2.45) is 0 Å². The van der Waals surface area contributed by atoms with Crippen molar-refractivity contribution < 1.29 is 14.6 Å². The quantitative estimate of drug-likeness (QED) is 0.502. The standard InChI is InChI=1S/C24H26ClN3O3/c1-14(2)31-12-4-11-28-23(16-7-5-15(3)6-8-16)20-21(26-27-22(20)24(28)30)18-13-17(25)9-10-19(18)29/h5-10,13-14,23,29H,4,11-12H2,1-3H3,(H,26,27). The number of ether oxygens (including phenoxy) is 1. The van der Waals surface area contributed by atoms with Crippen LogP contribution in [-0.4, -0.2) is 45.4 Å². The third kappa shape index (κ3) is 4.18. The first-order valence-electron chi connectivity index (χ1n) is 10.4. The number of carbonyl (C=O) groups excluding carboxylic acids is 1. The number of fused-ring (bicyclic) bond motifs is 1. The number of hydrogen-bond acceptors (Lipinski definition) is 4. The summed E-state index contributed by atoms with van der Waals surface area (Å²) >= 11 is 6.18. The molecule has 0 bridgehead atoms. The Balaban J connectivity index is 1.76. The lowest BCUT2D eigenvalue weighted by Gasteiger charge is -2.26. The van der Waals surface area contributed by atoms with Crippen molar-refractivity contribution in [3.63, 3.8) is 0 Å². The van der Waals surface area contributed by atoms with Crippen LogP contribution in [0.3, 0.4) is 0 Å². The van der Waals surface area contributed by atoms with Gasteiger partial charge in [-0.3, -0.25) is 9.89 Å². The van der Waals surface area contributed by atoms with Crippen LogP contribution < -0.4 is 0 Å². The van der Waals surface area contributed by atoms with Crippen molar-refractivity contribution in [1.29, 1.82) is 0 Å².